The standard InChI is InChI=1S/C31H29F3N8O6/c1-16-30(14-45-15-30)46-8-7-41(16)21-9-17(20-13-40(2)39-38-20)11-35-27(21)47-18-10-22(28(43)44)42(12-18)26-25-24(36-29(37-26)31(32,33)34)19-5-3-4-6-23(19)48-25/h3-6,9,11,13,16,18,22H,7-8,10,12,14-15H2,1-2H3,(H,43,44)/t16-,18-,22?/m0/s1. The van der Waals surface area contributed by atoms with Crippen molar-refractivity contribution in [2.75, 3.05) is 42.7 Å². The van der Waals surface area contributed by atoms with E-state index in [2.05, 4.69) is 30.2 Å². The molecule has 0 bridgehead atoms. The van der Waals surface area contributed by atoms with Crippen LogP contribution in [0.3, 0.4) is 0 Å². The number of halogens is 3. The van der Waals surface area contributed by atoms with Crippen LogP contribution in [0.2, 0.25) is 0 Å². The number of alkyl halides is 3. The molecule has 0 aliphatic carbocycles. The second kappa shape index (κ2) is 11.0. The average Bonchev–Trinajstić information content (AvgIpc) is 3.77. The fourth-order valence-corrected chi connectivity index (χ4v) is 6.67. The smallest absolute Gasteiger partial charge is 0.451 e. The number of aliphatic carboxylic acids is 1. The molecule has 14 nitrogen and oxygen atoms in total. The number of aryl methyl sites for hydroxylation is 1. The van der Waals surface area contributed by atoms with Gasteiger partial charge in [0.05, 0.1) is 38.6 Å². The molecule has 250 valence electrons. The lowest BCUT2D eigenvalue weighted by Crippen LogP contribution is -2.68. The third-order valence-electron chi connectivity index (χ3n) is 9.24. The van der Waals surface area contributed by atoms with Crippen LogP contribution in [0.4, 0.5) is 24.7 Å². The number of carboxylic acid groups (broad SMARTS) is 1. The summed E-state index contributed by atoms with van der Waals surface area (Å²) >= 11 is 0. The maximum absolute atomic E-state index is 14.0. The number of carboxylic acids is 1. The lowest BCUT2D eigenvalue weighted by atomic mass is 9.90. The Balaban J connectivity index is 1.18. The van der Waals surface area contributed by atoms with Gasteiger partial charge < -0.3 is 33.5 Å². The molecule has 3 atom stereocenters. The molecule has 4 aromatic heterocycles. The van der Waals surface area contributed by atoms with Gasteiger partial charge in [-0.05, 0) is 25.1 Å². The summed E-state index contributed by atoms with van der Waals surface area (Å²) in [6.45, 7) is 3.75. The van der Waals surface area contributed by atoms with Crippen LogP contribution in [0, 0.1) is 0 Å². The van der Waals surface area contributed by atoms with E-state index in [1.54, 1.807) is 48.4 Å². The fraction of sp³-hybridized carbons (Fsp3) is 0.419. The Bertz CT molecular complexity index is 2050. The normalized spacial score (nSPS) is 22.5. The quantitative estimate of drug-likeness (QED) is 0.281. The van der Waals surface area contributed by atoms with Crippen molar-refractivity contribution in [1.82, 2.24) is 29.9 Å². The summed E-state index contributed by atoms with van der Waals surface area (Å²) in [6.07, 6.45) is -2.40. The van der Waals surface area contributed by atoms with Gasteiger partial charge >= 0.3 is 12.1 Å². The summed E-state index contributed by atoms with van der Waals surface area (Å²) < 4.78 is 67.7. The van der Waals surface area contributed by atoms with Crippen LogP contribution in [-0.4, -0.2) is 97.7 Å². The first-order valence-corrected chi connectivity index (χ1v) is 15.3. The van der Waals surface area contributed by atoms with E-state index in [0.717, 1.165) is 0 Å². The molecule has 3 aliphatic rings. The van der Waals surface area contributed by atoms with Crippen LogP contribution in [-0.2, 0) is 27.5 Å². The van der Waals surface area contributed by atoms with Crippen molar-refractivity contribution < 1.29 is 41.7 Å². The van der Waals surface area contributed by atoms with E-state index in [1.807, 2.05) is 13.0 Å². The topological polar surface area (TPSA) is 154 Å². The van der Waals surface area contributed by atoms with Crippen molar-refractivity contribution in [2.24, 2.45) is 7.05 Å². The number of carbonyl (C=O) groups is 1. The van der Waals surface area contributed by atoms with Crippen molar-refractivity contribution in [3.05, 3.63) is 48.5 Å². The molecule has 7 heterocycles. The number of pyridine rings is 1. The van der Waals surface area contributed by atoms with Gasteiger partial charge in [0.1, 0.15) is 40.2 Å². The Morgan fingerprint density at radius 1 is 1.17 bits per heavy atom. The van der Waals surface area contributed by atoms with Gasteiger partial charge in [-0.25, -0.2) is 19.7 Å². The minimum absolute atomic E-state index is 0.0432. The van der Waals surface area contributed by atoms with E-state index in [4.69, 9.17) is 18.6 Å². The van der Waals surface area contributed by atoms with Gasteiger partial charge in [0.15, 0.2) is 11.4 Å². The van der Waals surface area contributed by atoms with E-state index in [1.165, 1.54) is 4.90 Å². The van der Waals surface area contributed by atoms with Crippen LogP contribution in [0.25, 0.3) is 33.3 Å². The van der Waals surface area contributed by atoms with E-state index in [-0.39, 0.29) is 41.8 Å². The lowest BCUT2D eigenvalue weighted by Gasteiger charge is -2.53. The molecule has 3 saturated heterocycles. The van der Waals surface area contributed by atoms with Crippen LogP contribution in [0.5, 0.6) is 5.88 Å². The van der Waals surface area contributed by atoms with Gasteiger partial charge in [-0.15, -0.1) is 5.10 Å². The van der Waals surface area contributed by atoms with Crippen LogP contribution in [0.15, 0.2) is 47.1 Å². The zero-order chi connectivity index (χ0) is 33.4. The van der Waals surface area contributed by atoms with E-state index in [9.17, 15) is 23.1 Å². The summed E-state index contributed by atoms with van der Waals surface area (Å²) in [4.78, 5) is 28.2. The summed E-state index contributed by atoms with van der Waals surface area (Å²) in [5.74, 6) is -2.70. The van der Waals surface area contributed by atoms with Crippen molar-refractivity contribution in [1.29, 1.82) is 0 Å². The molecular formula is C31H29F3N8O6. The van der Waals surface area contributed by atoms with Gasteiger partial charge in [-0.1, -0.05) is 17.3 Å². The van der Waals surface area contributed by atoms with Crippen LogP contribution < -0.4 is 14.5 Å². The van der Waals surface area contributed by atoms with Crippen molar-refractivity contribution >= 4 is 39.5 Å². The highest BCUT2D eigenvalue weighted by Crippen LogP contribution is 2.42. The Labute approximate surface area is 270 Å². The van der Waals surface area contributed by atoms with Gasteiger partial charge in [0.25, 0.3) is 0 Å². The van der Waals surface area contributed by atoms with Crippen molar-refractivity contribution in [2.45, 2.75) is 43.3 Å². The number of para-hydroxylation sites is 1. The largest absolute Gasteiger partial charge is 0.480 e. The Morgan fingerprint density at radius 2 is 1.98 bits per heavy atom. The Kier molecular flexibility index (Phi) is 6.96. The molecule has 1 spiro atoms. The molecule has 1 aromatic carbocycles. The number of nitrogens with zero attached hydrogens (tertiary/aromatic N) is 8. The number of benzene rings is 1. The predicted molar refractivity (Wildman–Crippen MR) is 163 cm³/mol. The summed E-state index contributed by atoms with van der Waals surface area (Å²) in [5.41, 5.74) is 1.61. The van der Waals surface area contributed by atoms with Crippen molar-refractivity contribution in [3.63, 3.8) is 0 Å². The van der Waals surface area contributed by atoms with E-state index in [0.29, 0.717) is 54.3 Å². The predicted octanol–water partition coefficient (Wildman–Crippen LogP) is 3.69. The SMILES string of the molecule is C[C@@H]1N(c2cc(-c3cn(C)nn3)cnc2O[C@H]2CC(C(=O)O)N(c3nc(C(F)(F)F)nc4c3oc3ccccc34)C2)CCOC12COC2. The third-order valence-corrected chi connectivity index (χ3v) is 9.24. The number of ether oxygens (including phenoxy) is 3. The molecule has 1 unspecified atom stereocenters. The molecule has 3 aliphatic heterocycles. The molecule has 8 rings (SSSR count). The number of rotatable bonds is 6. The third kappa shape index (κ3) is 4.95. The van der Waals surface area contributed by atoms with Crippen LogP contribution >= 0.6 is 0 Å². The van der Waals surface area contributed by atoms with E-state index >= 15 is 0 Å². The highest BCUT2D eigenvalue weighted by Gasteiger charge is 2.50. The van der Waals surface area contributed by atoms with Crippen molar-refractivity contribution in [3.8, 4) is 17.1 Å². The number of hydrogen-bond acceptors (Lipinski definition) is 12. The number of aromatic nitrogens is 6. The molecule has 0 radical (unpaired) electrons. The number of anilines is 2. The number of fused-ring (bicyclic) bond motifs is 3. The average molecular weight is 667 g/mol. The molecule has 48 heavy (non-hydrogen) atoms. The maximum atomic E-state index is 14.0. The van der Waals surface area contributed by atoms with Gasteiger partial charge in [-0.2, -0.15) is 13.2 Å². The number of hydrogen-bond donors (Lipinski definition) is 1. The minimum atomic E-state index is -4.89. The maximum Gasteiger partial charge on any atom is 0.451 e. The molecular weight excluding hydrogens is 637 g/mol. The first-order chi connectivity index (χ1) is 23.0. The fourth-order valence-electron chi connectivity index (χ4n) is 6.67. The monoisotopic (exact) mass is 666 g/mol. The summed E-state index contributed by atoms with van der Waals surface area (Å²) in [7, 11) is 1.76. The minimum Gasteiger partial charge on any atom is -0.480 e. The molecule has 1 N–H and O–H groups in total. The molecule has 3 fully saturated rings. The molecule has 17 heteroatoms. The summed E-state index contributed by atoms with van der Waals surface area (Å²) in [5, 5.41) is 18.9. The highest BCUT2D eigenvalue weighted by atomic mass is 19.4. The number of furan rings is 1. The molecule has 0 saturated carbocycles. The Morgan fingerprint density at radius 3 is 2.69 bits per heavy atom. The zero-order valence-electron chi connectivity index (χ0n) is 25.7. The highest BCUT2D eigenvalue weighted by molar-refractivity contribution is 6.06. The van der Waals surface area contributed by atoms with E-state index < -0.39 is 35.7 Å². The summed E-state index contributed by atoms with van der Waals surface area (Å²) in [6, 6.07) is 7.01. The second-order valence-corrected chi connectivity index (χ2v) is 12.2. The first kappa shape index (κ1) is 30.3. The van der Waals surface area contributed by atoms with Gasteiger partial charge in [0.2, 0.25) is 11.7 Å². The van der Waals surface area contributed by atoms with Gasteiger partial charge in [-0.3, -0.25) is 4.68 Å². The second-order valence-electron chi connectivity index (χ2n) is 12.2. The van der Waals surface area contributed by atoms with Gasteiger partial charge in [0, 0.05) is 37.2 Å². The molecule has 0 amide bonds. The molecule has 5 aromatic rings. The first-order valence-electron chi connectivity index (χ1n) is 15.3. The number of morpholine rings is 1. The Hall–Kier alpha value is -5.03. The van der Waals surface area contributed by atoms with Crippen LogP contribution in [0.1, 0.15) is 19.2 Å². The lowest BCUT2D eigenvalue weighted by molar-refractivity contribution is -0.228. The zero-order valence-corrected chi connectivity index (χ0v) is 25.7.